The molecule has 0 saturated carbocycles. The predicted octanol–water partition coefficient (Wildman–Crippen LogP) is 39.6. The van der Waals surface area contributed by atoms with Gasteiger partial charge in [-0.1, -0.05) is 340 Å². The van der Waals surface area contributed by atoms with E-state index in [2.05, 4.69) is 503 Å². The molecule has 4 aromatic heterocycles. The Balaban J connectivity index is 0.000000148. The van der Waals surface area contributed by atoms with Crippen LogP contribution in [0.4, 0.5) is 45.5 Å². The Morgan fingerprint density at radius 3 is 0.747 bits per heavy atom. The van der Waals surface area contributed by atoms with Crippen LogP contribution in [0.1, 0.15) is 90.9 Å². The monoisotopic (exact) mass is 1970 g/mol. The van der Waals surface area contributed by atoms with Gasteiger partial charge < -0.3 is 32.8 Å². The van der Waals surface area contributed by atoms with E-state index in [1.54, 1.807) is 0 Å². The van der Waals surface area contributed by atoms with Crippen molar-refractivity contribution in [1.29, 1.82) is 0 Å². The van der Waals surface area contributed by atoms with Crippen LogP contribution in [0.15, 0.2) is 521 Å². The maximum atomic E-state index is 6.97. The minimum Gasteiger partial charge on any atom is -0.456 e. The number of benzene rings is 23. The fourth-order valence-corrected chi connectivity index (χ4v) is 25.2. The van der Waals surface area contributed by atoms with Crippen molar-refractivity contribution in [3.05, 3.63) is 597 Å². The fourth-order valence-electron chi connectivity index (χ4n) is 24.8. The first kappa shape index (κ1) is 90.5. The average Bonchev–Trinajstić information content (AvgIpc) is 1.54. The van der Waals surface area contributed by atoms with Gasteiger partial charge in [0.1, 0.15) is 44.7 Å². The summed E-state index contributed by atoms with van der Waals surface area (Å²) in [6.45, 7) is 6.45. The largest absolute Gasteiger partial charge is 0.456 e. The number of furan rings is 4. The number of rotatable bonds is 14. The smallest absolute Gasteiger partial charge is 0.137 e. The minimum absolute atomic E-state index is 0. The second-order valence-corrected chi connectivity index (χ2v) is 40.7. The highest BCUT2D eigenvalue weighted by Gasteiger charge is 2.50. The molecule has 27 aromatic rings. The molecule has 714 valence electrons. The molecule has 23 aromatic carbocycles. The van der Waals surface area contributed by atoms with Crippen LogP contribution < -0.4 is 15.1 Å². The van der Waals surface area contributed by atoms with Gasteiger partial charge in [-0.15, -0.1) is 0 Å². The van der Waals surface area contributed by atoms with Crippen LogP contribution in [0.5, 0.6) is 0 Å². The third-order valence-corrected chi connectivity index (χ3v) is 31.6. The number of halogens is 2. The van der Waals surface area contributed by atoms with Gasteiger partial charge in [0.2, 0.25) is 0 Å². The lowest BCUT2D eigenvalue weighted by molar-refractivity contribution is 0.668. The molecule has 3 aliphatic rings. The molecule has 30 rings (SSSR count). The molecule has 0 bridgehead atoms. The molecular formula is C141H97Cl2N3O4. The number of hydrogen-bond acceptors (Lipinski definition) is 7. The van der Waals surface area contributed by atoms with Gasteiger partial charge in [-0.3, -0.25) is 0 Å². The van der Waals surface area contributed by atoms with Crippen molar-refractivity contribution in [2.45, 2.75) is 44.4 Å². The number of aryl methyl sites for hydroxylation is 3. The normalized spacial score (nSPS) is 13.1. The summed E-state index contributed by atoms with van der Waals surface area (Å²) in [5.74, 6) is 0. The van der Waals surface area contributed by atoms with Crippen molar-refractivity contribution in [1.82, 2.24) is 0 Å². The summed E-state index contributed by atoms with van der Waals surface area (Å²) in [6, 6.07) is 182. The van der Waals surface area contributed by atoms with Crippen LogP contribution in [-0.4, -0.2) is 0 Å². The molecule has 0 atom stereocenters. The molecule has 0 spiro atoms. The Morgan fingerprint density at radius 1 is 0.187 bits per heavy atom. The van der Waals surface area contributed by atoms with Crippen LogP contribution in [0.3, 0.4) is 0 Å². The maximum Gasteiger partial charge on any atom is 0.137 e. The third kappa shape index (κ3) is 14.6. The Labute approximate surface area is 879 Å². The molecule has 4 heterocycles. The van der Waals surface area contributed by atoms with Crippen molar-refractivity contribution >= 4 is 178 Å². The Hall–Kier alpha value is -18.2. The van der Waals surface area contributed by atoms with Gasteiger partial charge in [-0.05, 0) is 329 Å². The van der Waals surface area contributed by atoms with Crippen molar-refractivity contribution in [3.63, 3.8) is 0 Å². The second kappa shape index (κ2) is 36.2. The van der Waals surface area contributed by atoms with E-state index in [-0.39, 0.29) is 12.8 Å². The molecule has 1 N–H and O–H groups in total. The zero-order valence-electron chi connectivity index (χ0n) is 81.7. The number of hydrogen-bond donors (Lipinski definition) is 1. The van der Waals surface area contributed by atoms with Gasteiger partial charge >= 0.3 is 0 Å². The molecule has 150 heavy (non-hydrogen) atoms. The fraction of sp³-hybridized carbons (Fsp3) is 0.0496. The topological polar surface area (TPSA) is 71.1 Å². The summed E-state index contributed by atoms with van der Waals surface area (Å²) in [5, 5.41) is 17.8. The SMILES string of the molecule is C.Cc1cccc(N(c2cccc(C3(c4ccccc4)c4ccccc4-c4ccccc43)c2)c2ccc3c(c2)oc2cc4cc5c(cc4cc23)oc2cc(N(c3cccc(C)c3)c3cccc(C4(c6ccccc6)c6ccccc6-c6ccccc64)c3)ccc25)c1.Cc1cccc(Nc2cccc(C3(c4ccccc4)c4ccccc4-c4ccccc43)c2)c1.Clc1ccc2c(c1)oc1cc3cc4c(cc3cc12)oc1cc(Cl)ccc14. The first-order chi connectivity index (χ1) is 73.3. The van der Waals surface area contributed by atoms with Crippen LogP contribution >= 0.6 is 23.2 Å². The Morgan fingerprint density at radius 2 is 0.427 bits per heavy atom. The average molecular weight is 1970 g/mol. The van der Waals surface area contributed by atoms with E-state index >= 15 is 0 Å². The standard InChI is InChI=1S/C86H58N2O2.C32H25N.C22H10Cl2O2.CH4/c1-55-21-17-29-63(45-55)87(65-31-19-27-61(51-65)85(59-23-5-3-6-24-59)77-37-13-9-33-69(77)70-34-10-14-38-78(70)85)67-41-43-73-75-47-57-50-82-76(48-58(57)49-81(75)89-83(73)53-67)74-44-42-68(54-84(74)90-82)88(64-30-18-22-56(2)46-64)66-32-20-28-62(52-66)86(60-25-7-4-8-26-60)79-39-15-11-35-71(79)72-36-12-16-40-80(72)86;1-23-11-9-15-26(21-23)33-27-16-10-14-25(22-27)32(24-12-3-2-4-13-24)30-19-7-5-17-28(30)29-18-6-8-20-31(29)32;23-13-1-3-15-17-5-11-8-20-18(16-4-2-14(24)10-22(16)26-20)6-12(11)7-19(17)25-21(15)9-13;/h3-54H,1-2H3;2-22,33H,1H3;1-10H;1H4. The van der Waals surface area contributed by atoms with E-state index in [1.807, 2.05) is 36.4 Å². The van der Waals surface area contributed by atoms with Gasteiger partial charge in [-0.25, -0.2) is 0 Å². The molecule has 0 unspecified atom stereocenters. The summed E-state index contributed by atoms with van der Waals surface area (Å²) >= 11 is 12.2. The first-order valence-corrected chi connectivity index (χ1v) is 51.6. The van der Waals surface area contributed by atoms with E-state index < -0.39 is 10.8 Å². The van der Waals surface area contributed by atoms with Gasteiger partial charge in [0, 0.05) is 123 Å². The lowest BCUT2D eigenvalue weighted by Crippen LogP contribution is -2.28. The zero-order chi connectivity index (χ0) is 99.3. The first-order valence-electron chi connectivity index (χ1n) is 50.8. The Kier molecular flexibility index (Phi) is 21.8. The van der Waals surface area contributed by atoms with Gasteiger partial charge in [0.25, 0.3) is 0 Å². The van der Waals surface area contributed by atoms with Crippen molar-refractivity contribution in [2.75, 3.05) is 15.1 Å². The number of anilines is 8. The highest BCUT2D eigenvalue weighted by atomic mass is 35.5. The van der Waals surface area contributed by atoms with E-state index in [1.165, 1.54) is 117 Å². The summed E-state index contributed by atoms with van der Waals surface area (Å²) in [7, 11) is 0. The van der Waals surface area contributed by atoms with E-state index in [0.717, 1.165) is 155 Å². The number of fused-ring (bicyclic) bond motifs is 23. The van der Waals surface area contributed by atoms with Gasteiger partial charge in [0.15, 0.2) is 0 Å². The molecule has 0 saturated heterocycles. The maximum absolute atomic E-state index is 6.97. The summed E-state index contributed by atoms with van der Waals surface area (Å²) in [4.78, 5) is 4.76. The third-order valence-electron chi connectivity index (χ3n) is 31.1. The number of nitrogens with one attached hydrogen (secondary N) is 1. The van der Waals surface area contributed by atoms with E-state index in [4.69, 9.17) is 40.9 Å². The van der Waals surface area contributed by atoms with Crippen LogP contribution in [-0.2, 0) is 16.2 Å². The van der Waals surface area contributed by atoms with Crippen molar-refractivity contribution in [2.24, 2.45) is 0 Å². The predicted molar refractivity (Wildman–Crippen MR) is 625 cm³/mol. The van der Waals surface area contributed by atoms with Gasteiger partial charge in [0.05, 0.1) is 16.2 Å². The molecule has 3 aliphatic carbocycles. The van der Waals surface area contributed by atoms with Crippen molar-refractivity contribution in [3.8, 4) is 33.4 Å². The molecular weight excluding hydrogens is 1870 g/mol. The minimum atomic E-state index is -0.536. The summed E-state index contributed by atoms with van der Waals surface area (Å²) < 4.78 is 26.0. The zero-order valence-corrected chi connectivity index (χ0v) is 83.2. The molecule has 0 fully saturated rings. The molecule has 0 radical (unpaired) electrons. The van der Waals surface area contributed by atoms with Crippen LogP contribution in [0.25, 0.3) is 143 Å². The Bertz CT molecular complexity index is 9490. The van der Waals surface area contributed by atoms with Crippen LogP contribution in [0.2, 0.25) is 10.0 Å². The highest BCUT2D eigenvalue weighted by Crippen LogP contribution is 2.61. The van der Waals surface area contributed by atoms with E-state index in [0.29, 0.717) is 10.0 Å². The van der Waals surface area contributed by atoms with E-state index in [9.17, 15) is 0 Å². The van der Waals surface area contributed by atoms with Gasteiger partial charge in [-0.2, -0.15) is 0 Å². The van der Waals surface area contributed by atoms with Crippen molar-refractivity contribution < 1.29 is 17.7 Å². The summed E-state index contributed by atoms with van der Waals surface area (Å²) in [5.41, 5.74) is 40.3. The molecule has 0 aliphatic heterocycles. The lowest BCUT2D eigenvalue weighted by atomic mass is 9.67. The molecule has 7 nitrogen and oxygen atoms in total. The summed E-state index contributed by atoms with van der Waals surface area (Å²) in [6.07, 6.45) is 0. The second-order valence-electron chi connectivity index (χ2n) is 39.8. The quantitative estimate of drug-likeness (QED) is 0.116. The lowest BCUT2D eigenvalue weighted by Gasteiger charge is -2.35. The van der Waals surface area contributed by atoms with Crippen LogP contribution in [0, 0.1) is 20.8 Å². The molecule has 9 heteroatoms. The number of nitrogens with zero attached hydrogens (tertiary/aromatic N) is 2. The highest BCUT2D eigenvalue weighted by molar-refractivity contribution is 6.32. The molecule has 0 amide bonds.